The average molecular weight is 438 g/mol. The molecule has 2 saturated heterocycles. The molecule has 0 saturated carbocycles. The summed E-state index contributed by atoms with van der Waals surface area (Å²) in [6, 6.07) is 8.19. The molecule has 2 fully saturated rings. The number of H-pyrrole nitrogens is 1. The number of fused-ring (bicyclic) bond motifs is 1. The molecule has 2 aliphatic rings. The molecule has 168 valence electrons. The summed E-state index contributed by atoms with van der Waals surface area (Å²) in [6.07, 6.45) is 1.73. The lowest BCUT2D eigenvalue weighted by molar-refractivity contribution is 0.0407. The van der Waals surface area contributed by atoms with Gasteiger partial charge in [-0.1, -0.05) is 35.0 Å². The smallest absolute Gasteiger partial charge is 0.320 e. The number of aromatic nitrogens is 5. The van der Waals surface area contributed by atoms with Crippen molar-refractivity contribution in [3.8, 4) is 0 Å². The lowest BCUT2D eigenvalue weighted by Crippen LogP contribution is -2.50. The van der Waals surface area contributed by atoms with E-state index in [0.29, 0.717) is 57.4 Å². The number of carbonyl (C=O) groups is 1. The van der Waals surface area contributed by atoms with Gasteiger partial charge >= 0.3 is 6.03 Å². The van der Waals surface area contributed by atoms with Gasteiger partial charge in [0, 0.05) is 32.1 Å². The maximum atomic E-state index is 12.9. The quantitative estimate of drug-likeness (QED) is 0.665. The van der Waals surface area contributed by atoms with E-state index in [0.717, 1.165) is 18.4 Å². The molecule has 1 unspecified atom stereocenters. The number of hydrogen-bond acceptors (Lipinski definition) is 6. The number of morpholine rings is 1. The van der Waals surface area contributed by atoms with Crippen LogP contribution in [0.3, 0.4) is 0 Å². The van der Waals surface area contributed by atoms with E-state index in [2.05, 4.69) is 15.3 Å². The largest absolute Gasteiger partial charge is 0.378 e. The van der Waals surface area contributed by atoms with Crippen LogP contribution in [-0.4, -0.2) is 80.2 Å². The van der Waals surface area contributed by atoms with E-state index < -0.39 is 0 Å². The van der Waals surface area contributed by atoms with Crippen molar-refractivity contribution in [2.45, 2.75) is 32.2 Å². The second-order valence-electron chi connectivity index (χ2n) is 8.52. The van der Waals surface area contributed by atoms with Crippen molar-refractivity contribution in [2.75, 3.05) is 39.4 Å². The van der Waals surface area contributed by atoms with Crippen molar-refractivity contribution < 1.29 is 9.53 Å². The number of carbonyl (C=O) groups excluding carboxylic acids is 1. The summed E-state index contributed by atoms with van der Waals surface area (Å²) >= 11 is 0. The first-order valence-electron chi connectivity index (χ1n) is 11.1. The molecule has 32 heavy (non-hydrogen) atoms. The zero-order valence-electron chi connectivity index (χ0n) is 18.2. The number of nitrogens with zero attached hydrogens (tertiary/aromatic N) is 6. The number of hydrogen-bond donors (Lipinski definition) is 1. The Morgan fingerprint density at radius 2 is 1.94 bits per heavy atom. The van der Waals surface area contributed by atoms with Crippen LogP contribution < -0.4 is 5.56 Å². The van der Waals surface area contributed by atoms with Crippen LogP contribution in [0.5, 0.6) is 0 Å². The zero-order valence-corrected chi connectivity index (χ0v) is 18.2. The van der Waals surface area contributed by atoms with Crippen LogP contribution in [0, 0.1) is 6.92 Å². The number of urea groups is 1. The Labute approximate surface area is 185 Å². The fourth-order valence-corrected chi connectivity index (χ4v) is 4.38. The number of rotatable bonds is 3. The van der Waals surface area contributed by atoms with Crippen LogP contribution in [0.4, 0.5) is 4.79 Å². The first-order valence-corrected chi connectivity index (χ1v) is 11.1. The van der Waals surface area contributed by atoms with Crippen LogP contribution >= 0.6 is 0 Å². The number of amides is 2. The molecule has 0 spiro atoms. The van der Waals surface area contributed by atoms with Crippen molar-refractivity contribution in [1.82, 2.24) is 34.8 Å². The molecule has 1 N–H and O–H groups in total. The Morgan fingerprint density at radius 1 is 1.16 bits per heavy atom. The third-order valence-electron chi connectivity index (χ3n) is 6.21. The highest BCUT2D eigenvalue weighted by molar-refractivity contribution is 5.75. The zero-order chi connectivity index (χ0) is 22.1. The molecule has 5 rings (SSSR count). The number of aromatic amines is 1. The van der Waals surface area contributed by atoms with Crippen molar-refractivity contribution in [1.29, 1.82) is 0 Å². The first-order chi connectivity index (χ1) is 15.6. The lowest BCUT2D eigenvalue weighted by atomic mass is 9.97. The van der Waals surface area contributed by atoms with Crippen LogP contribution in [0.1, 0.15) is 35.7 Å². The Balaban J connectivity index is 1.39. The first kappa shape index (κ1) is 20.6. The minimum atomic E-state index is -0.295. The van der Waals surface area contributed by atoms with E-state index in [9.17, 15) is 9.59 Å². The van der Waals surface area contributed by atoms with Gasteiger partial charge in [-0.2, -0.15) is 0 Å². The summed E-state index contributed by atoms with van der Waals surface area (Å²) in [4.78, 5) is 37.0. The van der Waals surface area contributed by atoms with Crippen molar-refractivity contribution in [3.63, 3.8) is 0 Å². The molecule has 2 amide bonds. The summed E-state index contributed by atoms with van der Waals surface area (Å²) in [5, 5.41) is 8.21. The van der Waals surface area contributed by atoms with Crippen LogP contribution in [0.15, 0.2) is 29.1 Å². The summed E-state index contributed by atoms with van der Waals surface area (Å²) < 4.78 is 7.02. The molecule has 10 heteroatoms. The highest BCUT2D eigenvalue weighted by Crippen LogP contribution is 2.25. The molecule has 0 bridgehead atoms. The third kappa shape index (κ3) is 4.10. The molecular formula is C22H27N7O3. The molecule has 1 aromatic carbocycles. The number of aryl methyl sites for hydroxylation is 1. The summed E-state index contributed by atoms with van der Waals surface area (Å²) in [6.45, 7) is 6.16. The van der Waals surface area contributed by atoms with Gasteiger partial charge < -0.3 is 19.5 Å². The number of benzene rings is 1. The number of likely N-dealkylation sites (tertiary alicyclic amines) is 1. The Bertz CT molecular complexity index is 1160. The normalized spacial score (nSPS) is 19.5. The summed E-state index contributed by atoms with van der Waals surface area (Å²) in [5.74, 6) is 0.558. The molecule has 0 radical (unpaired) electrons. The summed E-state index contributed by atoms with van der Waals surface area (Å²) in [5.41, 5.74) is 2.66. The Hall–Kier alpha value is -3.27. The monoisotopic (exact) mass is 437 g/mol. The van der Waals surface area contributed by atoms with E-state index in [1.54, 1.807) is 4.68 Å². The van der Waals surface area contributed by atoms with Crippen molar-refractivity contribution in [2.24, 2.45) is 0 Å². The van der Waals surface area contributed by atoms with E-state index in [-0.39, 0.29) is 23.0 Å². The highest BCUT2D eigenvalue weighted by Gasteiger charge is 2.30. The van der Waals surface area contributed by atoms with Gasteiger partial charge in [0.15, 0.2) is 11.2 Å². The molecular weight excluding hydrogens is 410 g/mol. The second kappa shape index (κ2) is 8.70. The van der Waals surface area contributed by atoms with Gasteiger partial charge in [0.2, 0.25) is 0 Å². The topological polar surface area (TPSA) is 109 Å². The fraction of sp³-hybridized carbons (Fsp3) is 0.500. The molecule has 4 heterocycles. The molecule has 2 aromatic heterocycles. The van der Waals surface area contributed by atoms with E-state index in [4.69, 9.17) is 9.72 Å². The van der Waals surface area contributed by atoms with Gasteiger partial charge in [0.25, 0.3) is 5.56 Å². The van der Waals surface area contributed by atoms with Crippen LogP contribution in [0.2, 0.25) is 0 Å². The third-order valence-corrected chi connectivity index (χ3v) is 6.21. The number of piperidine rings is 1. The maximum Gasteiger partial charge on any atom is 0.320 e. The molecule has 10 nitrogen and oxygen atoms in total. The Kier molecular flexibility index (Phi) is 5.60. The van der Waals surface area contributed by atoms with Gasteiger partial charge in [-0.25, -0.2) is 14.5 Å². The predicted octanol–water partition coefficient (Wildman–Crippen LogP) is 1.50. The van der Waals surface area contributed by atoms with E-state index in [1.807, 2.05) is 41.0 Å². The van der Waals surface area contributed by atoms with Gasteiger partial charge in [0.1, 0.15) is 5.82 Å². The highest BCUT2D eigenvalue weighted by atomic mass is 16.5. The van der Waals surface area contributed by atoms with Gasteiger partial charge in [-0.3, -0.25) is 4.79 Å². The molecule has 0 aliphatic carbocycles. The van der Waals surface area contributed by atoms with Gasteiger partial charge in [-0.15, -0.1) is 5.10 Å². The van der Waals surface area contributed by atoms with Gasteiger partial charge in [0.05, 0.1) is 19.8 Å². The maximum absolute atomic E-state index is 12.9. The lowest BCUT2D eigenvalue weighted by Gasteiger charge is -2.37. The summed E-state index contributed by atoms with van der Waals surface area (Å²) in [7, 11) is 0. The minimum absolute atomic E-state index is 0.0337. The van der Waals surface area contributed by atoms with E-state index >= 15 is 0 Å². The van der Waals surface area contributed by atoms with Crippen LogP contribution in [-0.2, 0) is 11.3 Å². The molecule has 2 aliphatic heterocycles. The van der Waals surface area contributed by atoms with Crippen LogP contribution in [0.25, 0.3) is 11.2 Å². The van der Waals surface area contributed by atoms with E-state index in [1.165, 1.54) is 5.56 Å². The molecule has 3 aromatic rings. The number of nitrogens with one attached hydrogen (secondary N) is 1. The fourth-order valence-electron chi connectivity index (χ4n) is 4.38. The standard InChI is InChI=1S/C22H27N7O3/c1-15-4-6-16(7-5-15)13-29-20-18(25-26-29)21(30)24-19(23-20)17-3-2-8-28(14-17)22(31)27-9-11-32-12-10-27/h4-7,17H,2-3,8-14H2,1H3,(H,23,24,30). The number of ether oxygens (including phenoxy) is 1. The van der Waals surface area contributed by atoms with Crippen molar-refractivity contribution >= 4 is 17.2 Å². The van der Waals surface area contributed by atoms with Gasteiger partial charge in [-0.05, 0) is 25.3 Å². The second-order valence-corrected chi connectivity index (χ2v) is 8.52. The van der Waals surface area contributed by atoms with Crippen molar-refractivity contribution in [3.05, 3.63) is 51.6 Å². The minimum Gasteiger partial charge on any atom is -0.378 e. The average Bonchev–Trinajstić information content (AvgIpc) is 3.24. The molecule has 1 atom stereocenters. The predicted molar refractivity (Wildman–Crippen MR) is 118 cm³/mol. The Morgan fingerprint density at radius 3 is 2.72 bits per heavy atom. The SMILES string of the molecule is Cc1ccc(Cn2nnc3c(=O)[nH]c(C4CCCN(C(=O)N5CCOCC5)C4)nc32)cc1.